The number of carbonyl (C=O) groups is 1. The van der Waals surface area contributed by atoms with Gasteiger partial charge in [-0.2, -0.15) is 5.10 Å². The average molecular weight is 337 g/mol. The Hall–Kier alpha value is -3.09. The summed E-state index contributed by atoms with van der Waals surface area (Å²) in [5.41, 5.74) is 8.25. The van der Waals surface area contributed by atoms with Crippen LogP contribution in [0.1, 0.15) is 29.6 Å². The summed E-state index contributed by atoms with van der Waals surface area (Å²) < 4.78 is 7.55. The van der Waals surface area contributed by atoms with Crippen LogP contribution in [0.5, 0.6) is 5.75 Å². The monoisotopic (exact) mass is 337 g/mol. The molecule has 0 fully saturated rings. The van der Waals surface area contributed by atoms with Crippen LogP contribution in [-0.4, -0.2) is 33.7 Å². The lowest BCUT2D eigenvalue weighted by molar-refractivity contribution is 0.1000. The first-order chi connectivity index (χ1) is 12.2. The predicted octanol–water partition coefficient (Wildman–Crippen LogP) is 2.47. The first-order valence-corrected chi connectivity index (χ1v) is 8.37. The molecule has 1 aliphatic rings. The molecule has 0 aliphatic carbocycles. The van der Waals surface area contributed by atoms with Gasteiger partial charge in [0, 0.05) is 23.9 Å². The van der Waals surface area contributed by atoms with Gasteiger partial charge in [-0.25, -0.2) is 9.50 Å². The van der Waals surface area contributed by atoms with Crippen LogP contribution >= 0.6 is 0 Å². The highest BCUT2D eigenvalue weighted by atomic mass is 16.5. The molecule has 1 aromatic carbocycles. The molecule has 0 saturated carbocycles. The van der Waals surface area contributed by atoms with E-state index < -0.39 is 5.91 Å². The Morgan fingerprint density at radius 2 is 2.16 bits per heavy atom. The van der Waals surface area contributed by atoms with Crippen LogP contribution < -0.4 is 15.8 Å². The zero-order chi connectivity index (χ0) is 17.2. The van der Waals surface area contributed by atoms with E-state index in [0.29, 0.717) is 17.9 Å². The van der Waals surface area contributed by atoms with Crippen molar-refractivity contribution in [2.75, 3.05) is 18.5 Å². The molecule has 3 N–H and O–H groups in total. The van der Waals surface area contributed by atoms with Gasteiger partial charge in [-0.15, -0.1) is 0 Å². The van der Waals surface area contributed by atoms with Crippen molar-refractivity contribution >= 4 is 17.4 Å². The van der Waals surface area contributed by atoms with E-state index in [-0.39, 0.29) is 0 Å². The Bertz CT molecular complexity index is 934. The predicted molar refractivity (Wildman–Crippen MR) is 94.8 cm³/mol. The maximum absolute atomic E-state index is 11.7. The van der Waals surface area contributed by atoms with Crippen molar-refractivity contribution < 1.29 is 9.53 Å². The molecule has 25 heavy (non-hydrogen) atoms. The van der Waals surface area contributed by atoms with Gasteiger partial charge in [0.05, 0.1) is 12.8 Å². The normalized spacial score (nSPS) is 14.6. The molecular formula is C18H19N5O2. The number of nitrogens with zero attached hydrogens (tertiary/aromatic N) is 3. The van der Waals surface area contributed by atoms with Crippen molar-refractivity contribution in [1.29, 1.82) is 0 Å². The lowest BCUT2D eigenvalue weighted by atomic mass is 10.0. The second-order valence-electron chi connectivity index (χ2n) is 6.09. The standard InChI is InChI=1S/C18H19N5O2/c19-17(24)13-8-12-9-14(10-13)25-7-3-1-2-5-20-16-4-6-23-18(22-16)15(12)11-21-23/h4,6,8-11H,1-3,5,7H2,(H2,19,24)(H,20,22). The van der Waals surface area contributed by atoms with Crippen LogP contribution in [0, 0.1) is 0 Å². The molecule has 7 heteroatoms. The number of nitrogens with two attached hydrogens (primary N) is 1. The molecule has 0 radical (unpaired) electrons. The average Bonchev–Trinajstić information content (AvgIpc) is 3.03. The third kappa shape index (κ3) is 3.13. The summed E-state index contributed by atoms with van der Waals surface area (Å²) in [6.07, 6.45) is 6.64. The highest BCUT2D eigenvalue weighted by molar-refractivity contribution is 5.95. The lowest BCUT2D eigenvalue weighted by Gasteiger charge is -2.11. The largest absolute Gasteiger partial charge is 0.494 e. The molecular weight excluding hydrogens is 318 g/mol. The topological polar surface area (TPSA) is 94.5 Å². The molecule has 1 aliphatic heterocycles. The molecule has 3 aromatic rings. The second kappa shape index (κ2) is 6.43. The maximum atomic E-state index is 11.7. The Morgan fingerprint density at radius 1 is 1.24 bits per heavy atom. The van der Waals surface area contributed by atoms with E-state index in [0.717, 1.165) is 48.4 Å². The number of carbonyl (C=O) groups excluding carboxylic acids is 1. The van der Waals surface area contributed by atoms with Gasteiger partial charge in [-0.05, 0) is 49.1 Å². The number of benzene rings is 1. The minimum atomic E-state index is -0.486. The summed E-state index contributed by atoms with van der Waals surface area (Å²) in [5, 5.41) is 7.69. The molecule has 3 heterocycles. The zero-order valence-electron chi connectivity index (χ0n) is 13.7. The van der Waals surface area contributed by atoms with Crippen molar-refractivity contribution in [1.82, 2.24) is 14.6 Å². The highest BCUT2D eigenvalue weighted by Crippen LogP contribution is 2.29. The fourth-order valence-electron chi connectivity index (χ4n) is 2.96. The number of aromatic nitrogens is 3. The number of amides is 1. The number of rotatable bonds is 1. The van der Waals surface area contributed by atoms with E-state index >= 15 is 0 Å². The molecule has 2 aromatic heterocycles. The van der Waals surface area contributed by atoms with E-state index in [1.54, 1.807) is 22.8 Å². The first kappa shape index (κ1) is 15.4. The van der Waals surface area contributed by atoms with Crippen molar-refractivity contribution in [3.8, 4) is 16.9 Å². The summed E-state index contributed by atoms with van der Waals surface area (Å²) in [7, 11) is 0. The molecule has 128 valence electrons. The SMILES string of the molecule is NC(=O)c1cc2cc(c1)-c1cnn3ccc(nc13)NCCCCCO2. The van der Waals surface area contributed by atoms with Gasteiger partial charge in [0.1, 0.15) is 11.6 Å². The maximum Gasteiger partial charge on any atom is 0.248 e. The van der Waals surface area contributed by atoms with Gasteiger partial charge in [0.25, 0.3) is 0 Å². The summed E-state index contributed by atoms with van der Waals surface area (Å²) in [4.78, 5) is 16.4. The van der Waals surface area contributed by atoms with Crippen molar-refractivity contribution in [3.05, 3.63) is 42.2 Å². The number of primary amides is 1. The smallest absolute Gasteiger partial charge is 0.248 e. The Morgan fingerprint density at radius 3 is 3.04 bits per heavy atom. The van der Waals surface area contributed by atoms with E-state index in [1.807, 2.05) is 18.3 Å². The van der Waals surface area contributed by atoms with Crippen LogP contribution in [0.25, 0.3) is 16.8 Å². The van der Waals surface area contributed by atoms with E-state index in [9.17, 15) is 4.79 Å². The fraction of sp³-hybridized carbons (Fsp3) is 0.278. The van der Waals surface area contributed by atoms with E-state index in [1.165, 1.54) is 0 Å². The minimum absolute atomic E-state index is 0.410. The van der Waals surface area contributed by atoms with Crippen molar-refractivity contribution in [2.45, 2.75) is 19.3 Å². The molecule has 0 saturated heterocycles. The van der Waals surface area contributed by atoms with Gasteiger partial charge in [-0.1, -0.05) is 0 Å². The number of hydrogen-bond donors (Lipinski definition) is 2. The quantitative estimate of drug-likeness (QED) is 0.711. The van der Waals surface area contributed by atoms with Gasteiger partial charge < -0.3 is 15.8 Å². The van der Waals surface area contributed by atoms with Crippen molar-refractivity contribution in [2.24, 2.45) is 5.73 Å². The number of nitrogens with one attached hydrogen (secondary N) is 1. The highest BCUT2D eigenvalue weighted by Gasteiger charge is 2.14. The Kier molecular flexibility index (Phi) is 3.97. The van der Waals surface area contributed by atoms with Gasteiger partial charge in [0.2, 0.25) is 5.91 Å². The van der Waals surface area contributed by atoms with E-state index in [2.05, 4.69) is 15.4 Å². The molecule has 7 nitrogen and oxygen atoms in total. The third-order valence-corrected chi connectivity index (χ3v) is 4.27. The van der Waals surface area contributed by atoms with Crippen LogP contribution in [0.2, 0.25) is 0 Å². The number of ether oxygens (including phenoxy) is 1. The fourth-order valence-corrected chi connectivity index (χ4v) is 2.96. The van der Waals surface area contributed by atoms with Gasteiger partial charge in [-0.3, -0.25) is 4.79 Å². The molecule has 4 bridgehead atoms. The molecule has 4 rings (SSSR count). The minimum Gasteiger partial charge on any atom is -0.494 e. The molecule has 0 unspecified atom stereocenters. The lowest BCUT2D eigenvalue weighted by Crippen LogP contribution is -2.11. The van der Waals surface area contributed by atoms with Crippen LogP contribution in [0.3, 0.4) is 0 Å². The summed E-state index contributed by atoms with van der Waals surface area (Å²) in [6.45, 7) is 1.47. The van der Waals surface area contributed by atoms with Gasteiger partial charge in [0.15, 0.2) is 5.65 Å². The number of anilines is 1. The van der Waals surface area contributed by atoms with Crippen LogP contribution in [0.4, 0.5) is 5.82 Å². The number of hydrogen-bond acceptors (Lipinski definition) is 5. The second-order valence-corrected chi connectivity index (χ2v) is 6.09. The van der Waals surface area contributed by atoms with Gasteiger partial charge >= 0.3 is 0 Å². The van der Waals surface area contributed by atoms with Crippen LogP contribution in [-0.2, 0) is 0 Å². The molecule has 1 amide bonds. The number of fused-ring (bicyclic) bond motifs is 4. The van der Waals surface area contributed by atoms with Crippen LogP contribution in [0.15, 0.2) is 36.7 Å². The first-order valence-electron chi connectivity index (χ1n) is 8.37. The summed E-state index contributed by atoms with van der Waals surface area (Å²) in [5.74, 6) is 0.963. The Labute approximate surface area is 144 Å². The molecule has 0 spiro atoms. The third-order valence-electron chi connectivity index (χ3n) is 4.27. The van der Waals surface area contributed by atoms with E-state index in [4.69, 9.17) is 10.5 Å². The summed E-state index contributed by atoms with van der Waals surface area (Å²) >= 11 is 0. The zero-order valence-corrected chi connectivity index (χ0v) is 13.7. The molecule has 0 atom stereocenters. The van der Waals surface area contributed by atoms with Crippen molar-refractivity contribution in [3.63, 3.8) is 0 Å². The Balaban J connectivity index is 1.89. The summed E-state index contributed by atoms with van der Waals surface area (Å²) in [6, 6.07) is 7.24.